The first-order chi connectivity index (χ1) is 13.7. The number of nitrogens with one attached hydrogen (secondary N) is 2. The maximum absolute atomic E-state index is 12.7. The Kier molecular flexibility index (Phi) is 5.66. The van der Waals surface area contributed by atoms with Crippen LogP contribution in [0.4, 0.5) is 0 Å². The van der Waals surface area contributed by atoms with Crippen LogP contribution >= 0.6 is 12.2 Å². The summed E-state index contributed by atoms with van der Waals surface area (Å²) < 4.78 is 35.8. The summed E-state index contributed by atoms with van der Waals surface area (Å²) in [6, 6.07) is 10.5. The van der Waals surface area contributed by atoms with Crippen molar-refractivity contribution >= 4 is 45.3 Å². The predicted molar refractivity (Wildman–Crippen MR) is 109 cm³/mol. The zero-order valence-corrected chi connectivity index (χ0v) is 17.0. The molecule has 2 amide bonds. The number of aryl methyl sites for hydroxylation is 1. The van der Waals surface area contributed by atoms with Crippen LogP contribution in [0.1, 0.15) is 11.1 Å². The van der Waals surface area contributed by atoms with Gasteiger partial charge >= 0.3 is 10.1 Å². The van der Waals surface area contributed by atoms with Crippen LogP contribution in [0, 0.1) is 6.92 Å². The molecule has 0 radical (unpaired) electrons. The standard InChI is InChI=1S/C19H16N2O6S2/c1-11-3-7-14(8-4-11)29(24,25)27-16-10-13(26-2)6-5-12(16)9-15-17(22)20-19(28)21-18(15)23/h3-10H,1-2H3,(H2,20,21,22,23,28). The van der Waals surface area contributed by atoms with Gasteiger partial charge in [-0.2, -0.15) is 8.42 Å². The van der Waals surface area contributed by atoms with Crippen molar-refractivity contribution in [2.75, 3.05) is 7.11 Å². The molecule has 0 bridgehead atoms. The molecule has 8 nitrogen and oxygen atoms in total. The van der Waals surface area contributed by atoms with Crippen molar-refractivity contribution in [2.45, 2.75) is 11.8 Å². The average Bonchev–Trinajstić information content (AvgIpc) is 2.65. The molecule has 0 spiro atoms. The smallest absolute Gasteiger partial charge is 0.339 e. The summed E-state index contributed by atoms with van der Waals surface area (Å²) in [5, 5.41) is 4.51. The molecule has 0 unspecified atom stereocenters. The predicted octanol–water partition coefficient (Wildman–Crippen LogP) is 1.69. The Morgan fingerprint density at radius 3 is 2.21 bits per heavy atom. The highest BCUT2D eigenvalue weighted by Crippen LogP contribution is 2.30. The first kappa shape index (κ1) is 20.5. The fourth-order valence-electron chi connectivity index (χ4n) is 2.47. The third-order valence-electron chi connectivity index (χ3n) is 3.97. The first-order valence-corrected chi connectivity index (χ1v) is 10.1. The second kappa shape index (κ2) is 8.02. The number of ether oxygens (including phenoxy) is 1. The van der Waals surface area contributed by atoms with Crippen LogP contribution in [0.15, 0.2) is 52.9 Å². The number of thiocarbonyl (C=S) groups is 1. The lowest BCUT2D eigenvalue weighted by atomic mass is 10.1. The van der Waals surface area contributed by atoms with Crippen molar-refractivity contribution in [3.05, 3.63) is 59.2 Å². The van der Waals surface area contributed by atoms with E-state index in [0.29, 0.717) is 5.75 Å². The van der Waals surface area contributed by atoms with E-state index in [1.54, 1.807) is 18.2 Å². The van der Waals surface area contributed by atoms with Gasteiger partial charge in [-0.3, -0.25) is 20.2 Å². The van der Waals surface area contributed by atoms with E-state index in [2.05, 4.69) is 10.6 Å². The molecule has 29 heavy (non-hydrogen) atoms. The molecule has 2 aromatic carbocycles. The Morgan fingerprint density at radius 2 is 1.62 bits per heavy atom. The fraction of sp³-hybridized carbons (Fsp3) is 0.105. The van der Waals surface area contributed by atoms with E-state index in [1.807, 2.05) is 6.92 Å². The maximum Gasteiger partial charge on any atom is 0.339 e. The van der Waals surface area contributed by atoms with E-state index in [0.717, 1.165) is 5.56 Å². The molecule has 0 saturated carbocycles. The molecule has 3 rings (SSSR count). The van der Waals surface area contributed by atoms with Gasteiger partial charge in [0.25, 0.3) is 11.8 Å². The summed E-state index contributed by atoms with van der Waals surface area (Å²) >= 11 is 4.76. The summed E-state index contributed by atoms with van der Waals surface area (Å²) in [5.74, 6) is -1.19. The van der Waals surface area contributed by atoms with E-state index in [-0.39, 0.29) is 26.9 Å². The van der Waals surface area contributed by atoms with Gasteiger partial charge in [-0.15, -0.1) is 0 Å². The van der Waals surface area contributed by atoms with E-state index in [4.69, 9.17) is 21.1 Å². The van der Waals surface area contributed by atoms with Crippen LogP contribution in [-0.4, -0.2) is 32.5 Å². The van der Waals surface area contributed by atoms with E-state index in [9.17, 15) is 18.0 Å². The van der Waals surface area contributed by atoms with E-state index in [1.165, 1.54) is 37.5 Å². The summed E-state index contributed by atoms with van der Waals surface area (Å²) in [6.07, 6.45) is 1.21. The summed E-state index contributed by atoms with van der Waals surface area (Å²) in [5.41, 5.74) is 0.832. The summed E-state index contributed by atoms with van der Waals surface area (Å²) in [6.45, 7) is 1.83. The molecule has 0 atom stereocenters. The molecule has 1 heterocycles. The number of benzene rings is 2. The average molecular weight is 432 g/mol. The SMILES string of the molecule is COc1ccc(C=C2C(=O)NC(=S)NC2=O)c(OS(=O)(=O)c2ccc(C)cc2)c1. The van der Waals surface area contributed by atoms with Crippen LogP contribution < -0.4 is 19.6 Å². The zero-order valence-electron chi connectivity index (χ0n) is 15.4. The molecule has 10 heteroatoms. The number of hydrogen-bond acceptors (Lipinski definition) is 7. The van der Waals surface area contributed by atoms with Crippen LogP contribution in [0.5, 0.6) is 11.5 Å². The highest BCUT2D eigenvalue weighted by atomic mass is 32.2. The van der Waals surface area contributed by atoms with Gasteiger partial charge in [-0.25, -0.2) is 0 Å². The first-order valence-electron chi connectivity index (χ1n) is 8.27. The molecule has 0 aliphatic carbocycles. The number of hydrogen-bond donors (Lipinski definition) is 2. The van der Waals surface area contributed by atoms with Gasteiger partial charge in [0, 0.05) is 11.6 Å². The number of methoxy groups -OCH3 is 1. The highest BCUT2D eigenvalue weighted by molar-refractivity contribution is 7.87. The number of carbonyl (C=O) groups excluding carboxylic acids is 2. The van der Waals surface area contributed by atoms with Gasteiger partial charge in [-0.1, -0.05) is 17.7 Å². The summed E-state index contributed by atoms with van der Waals surface area (Å²) in [4.78, 5) is 24.1. The Bertz CT molecular complexity index is 1120. The van der Waals surface area contributed by atoms with E-state index >= 15 is 0 Å². The van der Waals surface area contributed by atoms with Crippen molar-refractivity contribution < 1.29 is 26.9 Å². The Hall–Kier alpha value is -3.24. The highest BCUT2D eigenvalue weighted by Gasteiger charge is 2.27. The molecular weight excluding hydrogens is 416 g/mol. The third kappa shape index (κ3) is 4.61. The third-order valence-corrected chi connectivity index (χ3v) is 5.43. The van der Waals surface area contributed by atoms with Crippen molar-refractivity contribution in [2.24, 2.45) is 0 Å². The number of carbonyl (C=O) groups is 2. The molecule has 2 N–H and O–H groups in total. The lowest BCUT2D eigenvalue weighted by Gasteiger charge is -2.17. The fourth-order valence-corrected chi connectivity index (χ4v) is 3.60. The van der Waals surface area contributed by atoms with Gasteiger partial charge in [0.15, 0.2) is 10.9 Å². The normalized spacial score (nSPS) is 14.1. The minimum absolute atomic E-state index is 0.0389. The Morgan fingerprint density at radius 1 is 1.00 bits per heavy atom. The molecule has 1 fully saturated rings. The second-order valence-corrected chi connectivity index (χ2v) is 8.00. The van der Waals surface area contributed by atoms with Crippen LogP contribution in [0.3, 0.4) is 0 Å². The second-order valence-electron chi connectivity index (χ2n) is 6.05. The van der Waals surface area contributed by atoms with E-state index < -0.39 is 21.9 Å². The molecule has 150 valence electrons. The van der Waals surface area contributed by atoms with Crippen molar-refractivity contribution in [3.8, 4) is 11.5 Å². The van der Waals surface area contributed by atoms with Crippen LogP contribution in [0.2, 0.25) is 0 Å². The molecule has 1 aliphatic rings. The maximum atomic E-state index is 12.7. The topological polar surface area (TPSA) is 111 Å². The lowest BCUT2D eigenvalue weighted by Crippen LogP contribution is -2.51. The number of amides is 2. The van der Waals surface area contributed by atoms with Crippen molar-refractivity contribution in [1.29, 1.82) is 0 Å². The van der Waals surface area contributed by atoms with Gasteiger partial charge in [0.1, 0.15) is 16.2 Å². The summed E-state index contributed by atoms with van der Waals surface area (Å²) in [7, 11) is -2.75. The van der Waals surface area contributed by atoms with Gasteiger partial charge in [0.2, 0.25) is 0 Å². The van der Waals surface area contributed by atoms with Gasteiger partial charge in [0.05, 0.1) is 7.11 Å². The van der Waals surface area contributed by atoms with Gasteiger partial charge in [-0.05, 0) is 49.5 Å². The lowest BCUT2D eigenvalue weighted by molar-refractivity contribution is -0.123. The van der Waals surface area contributed by atoms with Gasteiger partial charge < -0.3 is 8.92 Å². The monoisotopic (exact) mass is 432 g/mol. The largest absolute Gasteiger partial charge is 0.497 e. The van der Waals surface area contributed by atoms with Crippen molar-refractivity contribution in [1.82, 2.24) is 10.6 Å². The van der Waals surface area contributed by atoms with Crippen LogP contribution in [-0.2, 0) is 19.7 Å². The van der Waals surface area contributed by atoms with Crippen molar-refractivity contribution in [3.63, 3.8) is 0 Å². The Labute approximate surface area is 172 Å². The molecule has 1 saturated heterocycles. The Balaban J connectivity index is 2.03. The quantitative estimate of drug-likeness (QED) is 0.320. The number of rotatable bonds is 5. The zero-order chi connectivity index (χ0) is 21.2. The molecule has 2 aromatic rings. The molecular formula is C19H16N2O6S2. The molecule has 1 aliphatic heterocycles. The minimum Gasteiger partial charge on any atom is -0.497 e. The molecule has 0 aromatic heterocycles. The minimum atomic E-state index is -4.16. The van der Waals surface area contributed by atoms with Crippen LogP contribution in [0.25, 0.3) is 6.08 Å².